The van der Waals surface area contributed by atoms with Gasteiger partial charge in [-0.2, -0.15) is 0 Å². The number of hydrogen-bond acceptors (Lipinski definition) is 3. The van der Waals surface area contributed by atoms with Gasteiger partial charge in [-0.3, -0.25) is 4.79 Å². The number of hydrogen-bond donors (Lipinski definition) is 2. The van der Waals surface area contributed by atoms with E-state index in [1.54, 1.807) is 6.08 Å². The maximum absolute atomic E-state index is 12.0. The number of nitrogens with one attached hydrogen (secondary N) is 1. The first kappa shape index (κ1) is 16.1. The van der Waals surface area contributed by atoms with Crippen molar-refractivity contribution >= 4 is 17.7 Å². The smallest absolute Gasteiger partial charge is 0.265 e. The lowest BCUT2D eigenvalue weighted by Gasteiger charge is -2.11. The number of amides is 1. The molecule has 1 amide bonds. The molecule has 0 saturated carbocycles. The molecule has 0 aliphatic heterocycles. The van der Waals surface area contributed by atoms with Gasteiger partial charge in [0, 0.05) is 32.4 Å². The lowest BCUT2D eigenvalue weighted by Crippen LogP contribution is -2.34. The van der Waals surface area contributed by atoms with E-state index in [-0.39, 0.29) is 0 Å². The molecule has 0 aliphatic carbocycles. The van der Waals surface area contributed by atoms with Crippen LogP contribution >= 0.6 is 0 Å². The van der Waals surface area contributed by atoms with Gasteiger partial charge in [-0.1, -0.05) is 12.1 Å². The Morgan fingerprint density at radius 3 is 2.45 bits per heavy atom. The fraction of sp³-hybridized carbons (Fsp3) is 0.357. The minimum absolute atomic E-state index is 0.472. The molecule has 1 rings (SSSR count). The standard InChI is InChI=1S/C14H18F2N2O2/c1-18(2)11-6-3-10(4-7-11)5-8-13(20)17-9-12(19)14(15)16/h3-8,12,14,19H,9H2,1-2H3,(H,17,20)/b8-5+. The Kier molecular flexibility index (Phi) is 6.11. The highest BCUT2D eigenvalue weighted by atomic mass is 19.3. The summed E-state index contributed by atoms with van der Waals surface area (Å²) < 4.78 is 24.0. The molecule has 1 unspecified atom stereocenters. The largest absolute Gasteiger partial charge is 0.385 e. The molecule has 0 aliphatic rings. The molecule has 0 spiro atoms. The second-order valence-corrected chi connectivity index (χ2v) is 4.47. The summed E-state index contributed by atoms with van der Waals surface area (Å²) in [6.45, 7) is -0.472. The fourth-order valence-corrected chi connectivity index (χ4v) is 1.41. The average Bonchev–Trinajstić information content (AvgIpc) is 2.42. The van der Waals surface area contributed by atoms with Crippen LogP contribution in [0, 0.1) is 0 Å². The maximum Gasteiger partial charge on any atom is 0.265 e. The van der Waals surface area contributed by atoms with Gasteiger partial charge in [0.05, 0.1) is 0 Å². The highest BCUT2D eigenvalue weighted by Gasteiger charge is 2.16. The fourth-order valence-electron chi connectivity index (χ4n) is 1.41. The Balaban J connectivity index is 2.49. The Morgan fingerprint density at radius 1 is 1.35 bits per heavy atom. The highest BCUT2D eigenvalue weighted by molar-refractivity contribution is 5.91. The lowest BCUT2D eigenvalue weighted by atomic mass is 10.2. The Morgan fingerprint density at radius 2 is 1.95 bits per heavy atom. The van der Waals surface area contributed by atoms with Crippen LogP contribution in [0.5, 0.6) is 0 Å². The van der Waals surface area contributed by atoms with Crippen molar-refractivity contribution < 1.29 is 18.7 Å². The van der Waals surface area contributed by atoms with Crippen molar-refractivity contribution in [3.05, 3.63) is 35.9 Å². The number of carbonyl (C=O) groups excluding carboxylic acids is 1. The molecule has 1 atom stereocenters. The van der Waals surface area contributed by atoms with Crippen LogP contribution in [0.25, 0.3) is 6.08 Å². The number of alkyl halides is 2. The van der Waals surface area contributed by atoms with Gasteiger partial charge >= 0.3 is 0 Å². The topological polar surface area (TPSA) is 52.6 Å². The zero-order valence-electron chi connectivity index (χ0n) is 11.4. The van der Waals surface area contributed by atoms with Crippen LogP contribution in [-0.2, 0) is 4.79 Å². The Labute approximate surface area is 116 Å². The molecule has 110 valence electrons. The van der Waals surface area contributed by atoms with Crippen LogP contribution in [0.3, 0.4) is 0 Å². The van der Waals surface area contributed by atoms with Crippen molar-refractivity contribution in [2.24, 2.45) is 0 Å². The zero-order valence-corrected chi connectivity index (χ0v) is 11.4. The van der Waals surface area contributed by atoms with E-state index in [1.165, 1.54) is 6.08 Å². The molecule has 0 saturated heterocycles. The molecule has 0 fully saturated rings. The van der Waals surface area contributed by atoms with E-state index in [4.69, 9.17) is 5.11 Å². The van der Waals surface area contributed by atoms with Gasteiger partial charge in [-0.25, -0.2) is 8.78 Å². The van der Waals surface area contributed by atoms with Crippen molar-refractivity contribution in [3.63, 3.8) is 0 Å². The minimum Gasteiger partial charge on any atom is -0.385 e. The highest BCUT2D eigenvalue weighted by Crippen LogP contribution is 2.13. The van der Waals surface area contributed by atoms with Crippen molar-refractivity contribution in [1.82, 2.24) is 5.32 Å². The number of nitrogens with zero attached hydrogens (tertiary/aromatic N) is 1. The van der Waals surface area contributed by atoms with Crippen molar-refractivity contribution in [1.29, 1.82) is 0 Å². The van der Waals surface area contributed by atoms with Gasteiger partial charge in [0.25, 0.3) is 6.43 Å². The monoisotopic (exact) mass is 284 g/mol. The Hall–Kier alpha value is -1.95. The predicted octanol–water partition coefficient (Wildman–Crippen LogP) is 1.51. The normalized spacial score (nSPS) is 12.7. The molecule has 6 heteroatoms. The summed E-state index contributed by atoms with van der Waals surface area (Å²) in [5.74, 6) is -0.526. The quantitative estimate of drug-likeness (QED) is 0.779. The molecular formula is C14H18F2N2O2. The van der Waals surface area contributed by atoms with E-state index in [9.17, 15) is 13.6 Å². The second kappa shape index (κ2) is 7.59. The van der Waals surface area contributed by atoms with Crippen molar-refractivity contribution in [2.45, 2.75) is 12.5 Å². The van der Waals surface area contributed by atoms with Gasteiger partial charge in [0.15, 0.2) is 0 Å². The molecule has 1 aromatic rings. The maximum atomic E-state index is 12.0. The van der Waals surface area contributed by atoms with Crippen LogP contribution in [0.4, 0.5) is 14.5 Å². The molecule has 20 heavy (non-hydrogen) atoms. The summed E-state index contributed by atoms with van der Waals surface area (Å²) in [5, 5.41) is 11.0. The third-order valence-electron chi connectivity index (χ3n) is 2.61. The van der Waals surface area contributed by atoms with Crippen LogP contribution in [0.2, 0.25) is 0 Å². The Bertz CT molecular complexity index is 459. The number of aliphatic hydroxyl groups excluding tert-OH is 1. The number of rotatable bonds is 6. The van der Waals surface area contributed by atoms with E-state index >= 15 is 0 Å². The number of anilines is 1. The van der Waals surface area contributed by atoms with Crippen LogP contribution in [-0.4, -0.2) is 44.2 Å². The summed E-state index contributed by atoms with van der Waals surface area (Å²) >= 11 is 0. The zero-order chi connectivity index (χ0) is 15.1. The minimum atomic E-state index is -2.86. The molecule has 0 bridgehead atoms. The first-order chi connectivity index (χ1) is 9.40. The predicted molar refractivity (Wildman–Crippen MR) is 74.8 cm³/mol. The molecule has 0 radical (unpaired) electrons. The number of aliphatic hydroxyl groups is 1. The van der Waals surface area contributed by atoms with Gasteiger partial charge in [-0.05, 0) is 23.8 Å². The summed E-state index contributed by atoms with van der Waals surface area (Å²) in [6, 6.07) is 7.48. The molecule has 0 heterocycles. The van der Waals surface area contributed by atoms with Crippen LogP contribution in [0.15, 0.2) is 30.3 Å². The van der Waals surface area contributed by atoms with Crippen LogP contribution in [0.1, 0.15) is 5.56 Å². The van der Waals surface area contributed by atoms with E-state index in [0.29, 0.717) is 0 Å². The van der Waals surface area contributed by atoms with E-state index in [0.717, 1.165) is 11.3 Å². The summed E-state index contributed by atoms with van der Waals surface area (Å²) in [7, 11) is 3.85. The van der Waals surface area contributed by atoms with Crippen molar-refractivity contribution in [2.75, 3.05) is 25.5 Å². The van der Waals surface area contributed by atoms with E-state index in [1.807, 2.05) is 43.3 Å². The number of halogens is 2. The van der Waals surface area contributed by atoms with Gasteiger partial charge < -0.3 is 15.3 Å². The lowest BCUT2D eigenvalue weighted by molar-refractivity contribution is -0.117. The first-order valence-corrected chi connectivity index (χ1v) is 6.09. The molecular weight excluding hydrogens is 266 g/mol. The summed E-state index contributed by atoms with van der Waals surface area (Å²) in [4.78, 5) is 13.3. The number of carbonyl (C=O) groups is 1. The SMILES string of the molecule is CN(C)c1ccc(/C=C/C(=O)NCC(O)C(F)F)cc1. The van der Waals surface area contributed by atoms with Crippen LogP contribution < -0.4 is 10.2 Å². The van der Waals surface area contributed by atoms with E-state index in [2.05, 4.69) is 5.32 Å². The summed E-state index contributed by atoms with van der Waals surface area (Å²) in [5.41, 5.74) is 1.85. The van der Waals surface area contributed by atoms with Gasteiger partial charge in [-0.15, -0.1) is 0 Å². The summed E-state index contributed by atoms with van der Waals surface area (Å²) in [6.07, 6.45) is -1.89. The third kappa shape index (κ3) is 5.36. The average molecular weight is 284 g/mol. The molecule has 4 nitrogen and oxygen atoms in total. The van der Waals surface area contributed by atoms with E-state index < -0.39 is 25.0 Å². The molecule has 0 aromatic heterocycles. The number of benzene rings is 1. The second-order valence-electron chi connectivity index (χ2n) is 4.47. The van der Waals surface area contributed by atoms with Crippen molar-refractivity contribution in [3.8, 4) is 0 Å². The molecule has 2 N–H and O–H groups in total. The van der Waals surface area contributed by atoms with Gasteiger partial charge in [0.2, 0.25) is 5.91 Å². The molecule has 1 aromatic carbocycles. The van der Waals surface area contributed by atoms with Gasteiger partial charge in [0.1, 0.15) is 6.10 Å². The third-order valence-corrected chi connectivity index (χ3v) is 2.61. The first-order valence-electron chi connectivity index (χ1n) is 6.09.